The van der Waals surface area contributed by atoms with Crippen LogP contribution in [0.1, 0.15) is 26.7 Å². The molecule has 0 aliphatic heterocycles. The Morgan fingerprint density at radius 2 is 1.80 bits per heavy atom. The Kier molecular flexibility index (Phi) is 8.34. The SMILES string of the molecule is CCCC[n+]1ccccc1.COC(C)=O. The van der Waals surface area contributed by atoms with Crippen molar-refractivity contribution in [3.63, 3.8) is 0 Å². The number of rotatable bonds is 3. The molecule has 0 fully saturated rings. The molecule has 0 aromatic carbocycles. The smallest absolute Gasteiger partial charge is 0.302 e. The van der Waals surface area contributed by atoms with Gasteiger partial charge in [0.2, 0.25) is 0 Å². The van der Waals surface area contributed by atoms with Crippen molar-refractivity contribution in [1.82, 2.24) is 0 Å². The molecule has 0 spiro atoms. The maximum Gasteiger partial charge on any atom is 0.302 e. The second-order valence-electron chi connectivity index (χ2n) is 3.16. The van der Waals surface area contributed by atoms with Gasteiger partial charge in [-0.05, 0) is 0 Å². The van der Waals surface area contributed by atoms with Gasteiger partial charge in [0.15, 0.2) is 12.4 Å². The monoisotopic (exact) mass is 210 g/mol. The lowest BCUT2D eigenvalue weighted by molar-refractivity contribution is -0.697. The van der Waals surface area contributed by atoms with Crippen LogP contribution in [0, 0.1) is 0 Å². The first-order chi connectivity index (χ1) is 7.20. The molecule has 0 bridgehead atoms. The van der Waals surface area contributed by atoms with Crippen LogP contribution in [0.4, 0.5) is 0 Å². The number of methoxy groups -OCH3 is 1. The van der Waals surface area contributed by atoms with Crippen molar-refractivity contribution in [3.8, 4) is 0 Å². The van der Waals surface area contributed by atoms with E-state index in [-0.39, 0.29) is 5.97 Å². The molecule has 1 rings (SSSR count). The molecule has 0 saturated carbocycles. The van der Waals surface area contributed by atoms with E-state index in [0.29, 0.717) is 0 Å². The summed E-state index contributed by atoms with van der Waals surface area (Å²) in [7, 11) is 1.35. The van der Waals surface area contributed by atoms with Gasteiger partial charge in [0.05, 0.1) is 7.11 Å². The number of hydrogen-bond donors (Lipinski definition) is 0. The molecule has 0 amide bonds. The summed E-state index contributed by atoms with van der Waals surface area (Å²) in [6.45, 7) is 4.72. The first-order valence-electron chi connectivity index (χ1n) is 5.19. The van der Waals surface area contributed by atoms with Gasteiger partial charge in [-0.25, -0.2) is 4.57 Å². The number of nitrogens with zero attached hydrogens (tertiary/aromatic N) is 1. The highest BCUT2D eigenvalue weighted by atomic mass is 16.5. The minimum Gasteiger partial charge on any atom is -0.469 e. The third-order valence-corrected chi connectivity index (χ3v) is 1.83. The average molecular weight is 210 g/mol. The Hall–Kier alpha value is -1.38. The maximum atomic E-state index is 9.59. The number of aromatic nitrogens is 1. The number of carbonyl (C=O) groups excluding carboxylic acids is 1. The van der Waals surface area contributed by atoms with E-state index < -0.39 is 0 Å². The number of ether oxygens (including phenoxy) is 1. The lowest BCUT2D eigenvalue weighted by Gasteiger charge is -1.91. The molecule has 1 aromatic rings. The second kappa shape index (κ2) is 9.19. The minimum absolute atomic E-state index is 0.245. The summed E-state index contributed by atoms with van der Waals surface area (Å²) in [5, 5.41) is 0. The van der Waals surface area contributed by atoms with Crippen LogP contribution in [0.25, 0.3) is 0 Å². The Bertz CT molecular complexity index is 260. The largest absolute Gasteiger partial charge is 0.469 e. The topological polar surface area (TPSA) is 30.2 Å². The highest BCUT2D eigenvalue weighted by Gasteiger charge is 1.93. The summed E-state index contributed by atoms with van der Waals surface area (Å²) in [6.07, 6.45) is 6.75. The third kappa shape index (κ3) is 8.94. The zero-order valence-electron chi connectivity index (χ0n) is 9.77. The Balaban J connectivity index is 0.000000336. The molecule has 0 unspecified atom stereocenters. The Morgan fingerprint density at radius 3 is 2.20 bits per heavy atom. The predicted octanol–water partition coefficient (Wildman–Crippen LogP) is 1.95. The molecule has 3 nitrogen and oxygen atoms in total. The van der Waals surface area contributed by atoms with E-state index in [0.717, 1.165) is 6.54 Å². The first kappa shape index (κ1) is 13.6. The number of aryl methyl sites for hydroxylation is 1. The number of unbranched alkanes of at least 4 members (excludes halogenated alkanes) is 1. The van der Waals surface area contributed by atoms with E-state index in [9.17, 15) is 4.79 Å². The molecule has 15 heavy (non-hydrogen) atoms. The van der Waals surface area contributed by atoms with Crippen LogP contribution in [-0.4, -0.2) is 13.1 Å². The van der Waals surface area contributed by atoms with Gasteiger partial charge >= 0.3 is 5.97 Å². The fraction of sp³-hybridized carbons (Fsp3) is 0.500. The molecule has 0 atom stereocenters. The molecule has 0 aliphatic carbocycles. The number of carbonyl (C=O) groups is 1. The highest BCUT2D eigenvalue weighted by Crippen LogP contribution is 1.85. The standard InChI is InChI=1S/C9H14N.C3H6O2/c1-2-3-7-10-8-5-4-6-9-10;1-3(4)5-2/h4-6,8-9H,2-3,7H2,1H3;1-2H3/q+1;. The summed E-state index contributed by atoms with van der Waals surface area (Å²) in [4.78, 5) is 9.59. The normalized spacial score (nSPS) is 8.73. The van der Waals surface area contributed by atoms with E-state index in [1.54, 1.807) is 0 Å². The molecule has 84 valence electrons. The molecular formula is C12H20NO2+. The van der Waals surface area contributed by atoms with Crippen molar-refractivity contribution in [2.75, 3.05) is 7.11 Å². The molecule has 1 heterocycles. The number of pyridine rings is 1. The van der Waals surface area contributed by atoms with E-state index in [4.69, 9.17) is 0 Å². The highest BCUT2D eigenvalue weighted by molar-refractivity contribution is 5.65. The van der Waals surface area contributed by atoms with Crippen molar-refractivity contribution in [2.45, 2.75) is 33.2 Å². The van der Waals surface area contributed by atoms with Crippen molar-refractivity contribution in [3.05, 3.63) is 30.6 Å². The summed E-state index contributed by atoms with van der Waals surface area (Å²) >= 11 is 0. The number of esters is 1. The first-order valence-corrected chi connectivity index (χ1v) is 5.19. The number of hydrogen-bond acceptors (Lipinski definition) is 2. The fourth-order valence-corrected chi connectivity index (χ4v) is 0.924. The second-order valence-corrected chi connectivity index (χ2v) is 3.16. The lowest BCUT2D eigenvalue weighted by Crippen LogP contribution is -2.31. The van der Waals surface area contributed by atoms with E-state index in [2.05, 4.69) is 40.8 Å². The molecule has 0 aliphatic rings. The Labute approximate surface area is 91.7 Å². The summed E-state index contributed by atoms with van der Waals surface area (Å²) in [5.74, 6) is -0.245. The summed E-state index contributed by atoms with van der Waals surface area (Å²) < 4.78 is 6.32. The van der Waals surface area contributed by atoms with Gasteiger partial charge in [0.1, 0.15) is 6.54 Å². The lowest BCUT2D eigenvalue weighted by atomic mass is 10.3. The molecule has 1 aromatic heterocycles. The van der Waals surface area contributed by atoms with Gasteiger partial charge in [0, 0.05) is 25.5 Å². The van der Waals surface area contributed by atoms with Gasteiger partial charge in [-0.3, -0.25) is 4.79 Å². The summed E-state index contributed by atoms with van der Waals surface area (Å²) in [6, 6.07) is 6.17. The van der Waals surface area contributed by atoms with Crippen LogP contribution in [0.15, 0.2) is 30.6 Å². The molecule has 0 N–H and O–H groups in total. The molecule has 0 saturated heterocycles. The molecule has 0 radical (unpaired) electrons. The van der Waals surface area contributed by atoms with E-state index >= 15 is 0 Å². The van der Waals surface area contributed by atoms with Gasteiger partial charge < -0.3 is 4.74 Å². The van der Waals surface area contributed by atoms with Gasteiger partial charge in [-0.15, -0.1) is 0 Å². The van der Waals surface area contributed by atoms with Crippen LogP contribution in [0.5, 0.6) is 0 Å². The van der Waals surface area contributed by atoms with Crippen LogP contribution >= 0.6 is 0 Å². The van der Waals surface area contributed by atoms with Crippen molar-refractivity contribution < 1.29 is 14.1 Å². The van der Waals surface area contributed by atoms with E-state index in [1.165, 1.54) is 26.9 Å². The van der Waals surface area contributed by atoms with Crippen molar-refractivity contribution >= 4 is 5.97 Å². The minimum atomic E-state index is -0.245. The molecule has 3 heteroatoms. The van der Waals surface area contributed by atoms with Crippen molar-refractivity contribution in [1.29, 1.82) is 0 Å². The summed E-state index contributed by atoms with van der Waals surface area (Å²) in [5.41, 5.74) is 0. The van der Waals surface area contributed by atoms with Gasteiger partial charge in [-0.1, -0.05) is 19.4 Å². The zero-order chi connectivity index (χ0) is 11.5. The zero-order valence-corrected chi connectivity index (χ0v) is 9.77. The molecular weight excluding hydrogens is 190 g/mol. The fourth-order valence-electron chi connectivity index (χ4n) is 0.924. The third-order valence-electron chi connectivity index (χ3n) is 1.83. The quantitative estimate of drug-likeness (QED) is 0.564. The average Bonchev–Trinajstić information content (AvgIpc) is 2.28. The van der Waals surface area contributed by atoms with Gasteiger partial charge in [-0.2, -0.15) is 0 Å². The predicted molar refractivity (Wildman–Crippen MR) is 59.2 cm³/mol. The van der Waals surface area contributed by atoms with Crippen LogP contribution in [-0.2, 0) is 16.1 Å². The maximum absolute atomic E-state index is 9.59. The van der Waals surface area contributed by atoms with Gasteiger partial charge in [0.25, 0.3) is 0 Å². The Morgan fingerprint density at radius 1 is 1.27 bits per heavy atom. The van der Waals surface area contributed by atoms with Crippen LogP contribution < -0.4 is 4.57 Å². The van der Waals surface area contributed by atoms with E-state index in [1.807, 2.05) is 6.07 Å². The van der Waals surface area contributed by atoms with Crippen LogP contribution in [0.3, 0.4) is 0 Å². The van der Waals surface area contributed by atoms with Crippen LogP contribution in [0.2, 0.25) is 0 Å². The van der Waals surface area contributed by atoms with Crippen molar-refractivity contribution in [2.24, 2.45) is 0 Å².